The first-order valence-corrected chi connectivity index (χ1v) is 7.29. The number of hydrogen-bond acceptors (Lipinski definition) is 6. The van der Waals surface area contributed by atoms with E-state index < -0.39 is 0 Å². The van der Waals surface area contributed by atoms with Crippen LogP contribution in [-0.2, 0) is 6.42 Å². The van der Waals surface area contributed by atoms with E-state index >= 15 is 0 Å². The number of benzene rings is 1. The van der Waals surface area contributed by atoms with Crippen LogP contribution in [0.15, 0.2) is 32.6 Å². The number of phenolic OH excluding ortho intramolecular Hbond substituents is 1. The zero-order valence-electron chi connectivity index (χ0n) is 12.1. The van der Waals surface area contributed by atoms with Crippen molar-refractivity contribution in [3.8, 4) is 11.5 Å². The van der Waals surface area contributed by atoms with Crippen molar-refractivity contribution in [2.75, 3.05) is 12.5 Å². The molecule has 7 nitrogen and oxygen atoms in total. The van der Waals surface area contributed by atoms with Gasteiger partial charge in [-0.2, -0.15) is 5.10 Å². The van der Waals surface area contributed by atoms with E-state index in [0.717, 1.165) is 0 Å². The summed E-state index contributed by atoms with van der Waals surface area (Å²) in [7, 11) is 1.47. The number of methoxy groups -OCH3 is 1. The Hall–Kier alpha value is -2.35. The van der Waals surface area contributed by atoms with Gasteiger partial charge in [-0.25, -0.2) is 10.4 Å². The Labute approximate surface area is 135 Å². The van der Waals surface area contributed by atoms with E-state index in [9.17, 15) is 9.90 Å². The molecule has 0 aliphatic carbocycles. The van der Waals surface area contributed by atoms with Gasteiger partial charge in [0.15, 0.2) is 11.5 Å². The van der Waals surface area contributed by atoms with E-state index in [-0.39, 0.29) is 17.3 Å². The Morgan fingerprint density at radius 2 is 2.32 bits per heavy atom. The Morgan fingerprint density at radius 3 is 3.00 bits per heavy atom. The first kappa shape index (κ1) is 16.0. The first-order chi connectivity index (χ1) is 10.5. The predicted molar refractivity (Wildman–Crippen MR) is 87.8 cm³/mol. The van der Waals surface area contributed by atoms with Gasteiger partial charge in [0.25, 0.3) is 5.56 Å². The number of hydrazone groups is 1. The first-order valence-electron chi connectivity index (χ1n) is 6.50. The van der Waals surface area contributed by atoms with Crippen LogP contribution in [0.5, 0.6) is 11.5 Å². The summed E-state index contributed by atoms with van der Waals surface area (Å²) in [5, 5.41) is 13.9. The van der Waals surface area contributed by atoms with Crippen LogP contribution in [-0.4, -0.2) is 28.4 Å². The van der Waals surface area contributed by atoms with Crippen molar-refractivity contribution in [3.63, 3.8) is 0 Å². The molecule has 0 bridgehead atoms. The van der Waals surface area contributed by atoms with Gasteiger partial charge in [0.2, 0.25) is 5.95 Å². The molecule has 0 saturated carbocycles. The molecule has 0 aliphatic rings. The summed E-state index contributed by atoms with van der Waals surface area (Å²) in [6.07, 6.45) is 2.14. The molecule has 1 heterocycles. The maximum Gasteiger partial charge on any atom is 0.252 e. The molecule has 2 aromatic rings. The fourth-order valence-electron chi connectivity index (χ4n) is 1.73. The number of rotatable bonds is 5. The molecule has 0 spiro atoms. The largest absolute Gasteiger partial charge is 0.503 e. The summed E-state index contributed by atoms with van der Waals surface area (Å²) in [5.74, 6) is 0.610. The predicted octanol–water partition coefficient (Wildman–Crippen LogP) is 2.26. The molecule has 0 unspecified atom stereocenters. The van der Waals surface area contributed by atoms with Crippen molar-refractivity contribution in [2.24, 2.45) is 5.10 Å². The summed E-state index contributed by atoms with van der Waals surface area (Å²) in [6.45, 7) is 1.91. The lowest BCUT2D eigenvalue weighted by molar-refractivity contribution is 0.372. The second kappa shape index (κ2) is 7.08. The van der Waals surface area contributed by atoms with Crippen LogP contribution in [0.2, 0.25) is 0 Å². The zero-order chi connectivity index (χ0) is 16.1. The second-order valence-corrected chi connectivity index (χ2v) is 5.12. The number of halogens is 1. The maximum absolute atomic E-state index is 11.4. The number of H-pyrrole nitrogens is 1. The molecule has 0 saturated heterocycles. The van der Waals surface area contributed by atoms with Gasteiger partial charge >= 0.3 is 0 Å². The van der Waals surface area contributed by atoms with E-state index in [0.29, 0.717) is 27.9 Å². The number of hydrogen-bond donors (Lipinski definition) is 3. The van der Waals surface area contributed by atoms with Gasteiger partial charge in [-0.15, -0.1) is 0 Å². The highest BCUT2D eigenvalue weighted by Gasteiger charge is 2.09. The monoisotopic (exact) mass is 366 g/mol. The van der Waals surface area contributed by atoms with Crippen molar-refractivity contribution in [2.45, 2.75) is 13.3 Å². The topological polar surface area (TPSA) is 99.6 Å². The molecule has 0 amide bonds. The average molecular weight is 367 g/mol. The van der Waals surface area contributed by atoms with Gasteiger partial charge in [0.05, 0.1) is 17.8 Å². The molecule has 0 aliphatic heterocycles. The van der Waals surface area contributed by atoms with E-state index in [1.165, 1.54) is 19.4 Å². The Balaban J connectivity index is 2.18. The number of nitrogens with one attached hydrogen (secondary N) is 2. The lowest BCUT2D eigenvalue weighted by Gasteiger charge is -2.07. The molecule has 22 heavy (non-hydrogen) atoms. The van der Waals surface area contributed by atoms with E-state index in [1.807, 2.05) is 6.92 Å². The highest BCUT2D eigenvalue weighted by atomic mass is 79.9. The van der Waals surface area contributed by atoms with E-state index in [1.54, 1.807) is 12.1 Å². The van der Waals surface area contributed by atoms with Gasteiger partial charge < -0.3 is 9.84 Å². The number of anilines is 1. The fourth-order valence-corrected chi connectivity index (χ4v) is 2.16. The molecule has 116 valence electrons. The smallest absolute Gasteiger partial charge is 0.252 e. The third-order valence-electron chi connectivity index (χ3n) is 2.86. The molecule has 0 atom stereocenters. The molecule has 1 aromatic carbocycles. The van der Waals surface area contributed by atoms with Crippen LogP contribution >= 0.6 is 15.9 Å². The highest BCUT2D eigenvalue weighted by Crippen LogP contribution is 2.35. The molecule has 3 N–H and O–H groups in total. The summed E-state index contributed by atoms with van der Waals surface area (Å²) in [6, 6.07) is 4.79. The minimum absolute atomic E-state index is 0.00837. The lowest BCUT2D eigenvalue weighted by Crippen LogP contribution is -2.11. The quantitative estimate of drug-likeness (QED) is 0.556. The van der Waals surface area contributed by atoms with Crippen molar-refractivity contribution >= 4 is 28.1 Å². The van der Waals surface area contributed by atoms with E-state index in [2.05, 4.69) is 36.4 Å². The van der Waals surface area contributed by atoms with Crippen LogP contribution in [0.1, 0.15) is 18.2 Å². The number of aromatic amines is 1. The van der Waals surface area contributed by atoms with Crippen molar-refractivity contribution in [1.29, 1.82) is 0 Å². The number of phenols is 1. The summed E-state index contributed by atoms with van der Waals surface area (Å²) in [4.78, 5) is 18.2. The normalized spacial score (nSPS) is 10.9. The Morgan fingerprint density at radius 1 is 1.55 bits per heavy atom. The van der Waals surface area contributed by atoms with Gasteiger partial charge in [-0.3, -0.25) is 9.78 Å². The van der Waals surface area contributed by atoms with E-state index in [4.69, 9.17) is 4.74 Å². The number of nitrogens with zero attached hydrogens (tertiary/aromatic N) is 2. The molecule has 8 heteroatoms. The fraction of sp³-hybridized carbons (Fsp3) is 0.214. The minimum atomic E-state index is -0.243. The van der Waals surface area contributed by atoms with Crippen LogP contribution in [0.3, 0.4) is 0 Å². The van der Waals surface area contributed by atoms with Gasteiger partial charge in [0, 0.05) is 17.3 Å². The summed E-state index contributed by atoms with van der Waals surface area (Å²) >= 11 is 3.27. The Bertz CT molecular complexity index is 758. The van der Waals surface area contributed by atoms with Gasteiger partial charge in [-0.05, 0) is 34.5 Å². The average Bonchev–Trinajstić information content (AvgIpc) is 2.51. The molecule has 2 rings (SSSR count). The third kappa shape index (κ3) is 3.64. The van der Waals surface area contributed by atoms with Crippen LogP contribution in [0.4, 0.5) is 5.95 Å². The van der Waals surface area contributed by atoms with Crippen molar-refractivity contribution < 1.29 is 9.84 Å². The Kier molecular flexibility index (Phi) is 5.16. The molecule has 0 fully saturated rings. The zero-order valence-corrected chi connectivity index (χ0v) is 13.6. The number of ether oxygens (including phenoxy) is 1. The molecular weight excluding hydrogens is 352 g/mol. The highest BCUT2D eigenvalue weighted by molar-refractivity contribution is 9.10. The molecular formula is C14H15BrN4O3. The van der Waals surface area contributed by atoms with Gasteiger partial charge in [-0.1, -0.05) is 6.92 Å². The maximum atomic E-state index is 11.4. The SMILES string of the molecule is CCc1cc(=O)[nH]c(N/N=C\c2ccc(OC)c(O)c2Br)n1. The third-order valence-corrected chi connectivity index (χ3v) is 3.69. The van der Waals surface area contributed by atoms with Crippen LogP contribution < -0.4 is 15.7 Å². The lowest BCUT2D eigenvalue weighted by atomic mass is 10.2. The number of aryl methyl sites for hydroxylation is 1. The molecule has 1 aromatic heterocycles. The summed E-state index contributed by atoms with van der Waals surface area (Å²) in [5.41, 5.74) is 3.72. The molecule has 0 radical (unpaired) electrons. The number of aromatic hydroxyl groups is 1. The van der Waals surface area contributed by atoms with Gasteiger partial charge in [0.1, 0.15) is 0 Å². The standard InChI is InChI=1S/C14H15BrN4O3/c1-3-9-6-11(20)18-14(17-9)19-16-7-8-4-5-10(22-2)13(21)12(8)15/h4-7,21H,3H2,1-2H3,(H2,17,18,19,20)/b16-7-. The minimum Gasteiger partial charge on any atom is -0.503 e. The van der Waals surface area contributed by atoms with Crippen LogP contribution in [0.25, 0.3) is 0 Å². The second-order valence-electron chi connectivity index (χ2n) is 4.33. The summed E-state index contributed by atoms with van der Waals surface area (Å²) < 4.78 is 5.46. The number of aromatic nitrogens is 2. The van der Waals surface area contributed by atoms with Crippen molar-refractivity contribution in [1.82, 2.24) is 9.97 Å². The van der Waals surface area contributed by atoms with Crippen LogP contribution in [0, 0.1) is 0 Å². The van der Waals surface area contributed by atoms with Crippen molar-refractivity contribution in [3.05, 3.63) is 44.3 Å².